The minimum atomic E-state index is 0.549. The number of methoxy groups -OCH3 is 1. The lowest BCUT2D eigenvalue weighted by atomic mass is 9.97. The third kappa shape index (κ3) is 1.32. The van der Waals surface area contributed by atoms with E-state index in [0.717, 1.165) is 16.7 Å². The van der Waals surface area contributed by atoms with Gasteiger partial charge in [-0.25, -0.2) is 9.50 Å². The second-order valence-corrected chi connectivity index (χ2v) is 5.03. The Bertz CT molecular complexity index is 810. The normalized spacial score (nSPS) is 11.6. The fraction of sp³-hybridized carbons (Fsp3) is 0.357. The van der Waals surface area contributed by atoms with Crippen molar-refractivity contribution in [2.45, 2.75) is 27.7 Å². The topological polar surface area (TPSA) is 68.3 Å². The number of aromatic amines is 1. The Morgan fingerprint density at radius 1 is 1.05 bits per heavy atom. The highest BCUT2D eigenvalue weighted by atomic mass is 16.5. The number of nitrogens with two attached hydrogens (primary N) is 1. The van der Waals surface area contributed by atoms with Crippen molar-refractivity contribution in [2.24, 2.45) is 0 Å². The average Bonchev–Trinajstić information content (AvgIpc) is 2.91. The highest BCUT2D eigenvalue weighted by molar-refractivity contribution is 5.91. The van der Waals surface area contributed by atoms with Crippen LogP contribution in [0.25, 0.3) is 16.7 Å². The molecule has 3 rings (SSSR count). The van der Waals surface area contributed by atoms with Gasteiger partial charge in [-0.05, 0) is 49.9 Å². The summed E-state index contributed by atoms with van der Waals surface area (Å²) >= 11 is 0. The van der Waals surface area contributed by atoms with Crippen LogP contribution in [0, 0.1) is 27.7 Å². The molecule has 0 saturated heterocycles. The van der Waals surface area contributed by atoms with Gasteiger partial charge in [-0.3, -0.25) is 5.10 Å². The summed E-state index contributed by atoms with van der Waals surface area (Å²) in [5, 5.41) is 3.16. The molecule has 2 heterocycles. The lowest BCUT2D eigenvalue weighted by molar-refractivity contribution is 0.397. The SMILES string of the molecule is COc1[nH]n2c(nc3c(C)c(C)c(C)c(C)c32)c1N. The number of hydrogen-bond donors (Lipinski definition) is 2. The zero-order chi connectivity index (χ0) is 13.9. The van der Waals surface area contributed by atoms with Gasteiger partial charge in [0.2, 0.25) is 5.88 Å². The molecule has 0 unspecified atom stereocenters. The van der Waals surface area contributed by atoms with Gasteiger partial charge < -0.3 is 10.5 Å². The molecule has 19 heavy (non-hydrogen) atoms. The predicted molar refractivity (Wildman–Crippen MR) is 77.0 cm³/mol. The molecule has 2 aromatic heterocycles. The van der Waals surface area contributed by atoms with Gasteiger partial charge in [0.15, 0.2) is 5.65 Å². The maximum atomic E-state index is 6.05. The van der Waals surface area contributed by atoms with E-state index in [4.69, 9.17) is 10.5 Å². The Morgan fingerprint density at radius 3 is 2.32 bits per heavy atom. The first-order chi connectivity index (χ1) is 8.97. The summed E-state index contributed by atoms with van der Waals surface area (Å²) in [5.41, 5.74) is 14.4. The molecule has 0 fully saturated rings. The minimum absolute atomic E-state index is 0.549. The fourth-order valence-corrected chi connectivity index (χ4v) is 2.65. The van der Waals surface area contributed by atoms with Crippen molar-refractivity contribution in [3.05, 3.63) is 22.3 Å². The second kappa shape index (κ2) is 3.66. The number of nitrogens with one attached hydrogen (secondary N) is 1. The maximum absolute atomic E-state index is 6.05. The van der Waals surface area contributed by atoms with Gasteiger partial charge in [-0.2, -0.15) is 0 Å². The van der Waals surface area contributed by atoms with E-state index >= 15 is 0 Å². The number of fused-ring (bicyclic) bond motifs is 3. The Hall–Kier alpha value is -2.17. The second-order valence-electron chi connectivity index (χ2n) is 5.03. The lowest BCUT2D eigenvalue weighted by Gasteiger charge is -2.10. The largest absolute Gasteiger partial charge is 0.480 e. The lowest BCUT2D eigenvalue weighted by Crippen LogP contribution is -1.96. The first-order valence-corrected chi connectivity index (χ1v) is 6.27. The molecule has 5 nitrogen and oxygen atoms in total. The van der Waals surface area contributed by atoms with Crippen molar-refractivity contribution in [3.8, 4) is 5.88 Å². The van der Waals surface area contributed by atoms with Crippen molar-refractivity contribution in [1.82, 2.24) is 14.6 Å². The summed E-state index contributed by atoms with van der Waals surface area (Å²) in [7, 11) is 1.59. The van der Waals surface area contributed by atoms with Crippen LogP contribution in [0.5, 0.6) is 5.88 Å². The van der Waals surface area contributed by atoms with E-state index in [-0.39, 0.29) is 0 Å². The van der Waals surface area contributed by atoms with Crippen molar-refractivity contribution in [3.63, 3.8) is 0 Å². The predicted octanol–water partition coefficient (Wildman–Crippen LogP) is 2.64. The molecule has 3 aromatic rings. The molecule has 0 aliphatic heterocycles. The molecule has 100 valence electrons. The number of aryl methyl sites for hydroxylation is 2. The van der Waals surface area contributed by atoms with Crippen LogP contribution in [0.15, 0.2) is 0 Å². The van der Waals surface area contributed by atoms with E-state index in [2.05, 4.69) is 37.8 Å². The summed E-state index contributed by atoms with van der Waals surface area (Å²) in [4.78, 5) is 4.67. The van der Waals surface area contributed by atoms with Crippen molar-refractivity contribution in [2.75, 3.05) is 12.8 Å². The van der Waals surface area contributed by atoms with Gasteiger partial charge in [-0.1, -0.05) is 0 Å². The highest BCUT2D eigenvalue weighted by Gasteiger charge is 2.19. The number of ether oxygens (including phenoxy) is 1. The van der Waals surface area contributed by atoms with Crippen molar-refractivity contribution in [1.29, 1.82) is 0 Å². The third-order valence-electron chi connectivity index (χ3n) is 4.18. The number of hydrogen-bond acceptors (Lipinski definition) is 3. The summed E-state index contributed by atoms with van der Waals surface area (Å²) in [6, 6.07) is 0. The number of nitrogen functional groups attached to an aromatic ring is 1. The molecule has 0 amide bonds. The summed E-state index contributed by atoms with van der Waals surface area (Å²) < 4.78 is 7.13. The molecular weight excluding hydrogens is 240 g/mol. The Labute approximate surface area is 111 Å². The van der Waals surface area contributed by atoms with Gasteiger partial charge in [0.25, 0.3) is 0 Å². The molecule has 0 saturated carbocycles. The quantitative estimate of drug-likeness (QED) is 0.705. The number of imidazole rings is 1. The van der Waals surface area contributed by atoms with Crippen LogP contribution in [0.1, 0.15) is 22.3 Å². The molecule has 0 atom stereocenters. The van der Waals surface area contributed by atoms with Crippen LogP contribution < -0.4 is 10.5 Å². The molecular formula is C14H18N4O. The van der Waals surface area contributed by atoms with E-state index in [1.165, 1.54) is 22.3 Å². The summed E-state index contributed by atoms with van der Waals surface area (Å²) in [5.74, 6) is 0.555. The number of rotatable bonds is 1. The smallest absolute Gasteiger partial charge is 0.233 e. The molecule has 3 N–H and O–H groups in total. The molecule has 0 radical (unpaired) electrons. The fourth-order valence-electron chi connectivity index (χ4n) is 2.65. The van der Waals surface area contributed by atoms with Crippen LogP contribution in [0.2, 0.25) is 0 Å². The number of benzene rings is 1. The maximum Gasteiger partial charge on any atom is 0.233 e. The van der Waals surface area contributed by atoms with Crippen molar-refractivity contribution >= 4 is 22.4 Å². The van der Waals surface area contributed by atoms with Gasteiger partial charge in [0.1, 0.15) is 5.69 Å². The Balaban J connectivity index is 2.58. The van der Waals surface area contributed by atoms with Gasteiger partial charge in [-0.15, -0.1) is 0 Å². The zero-order valence-electron chi connectivity index (χ0n) is 11.9. The number of aromatic nitrogens is 3. The molecule has 0 bridgehead atoms. The van der Waals surface area contributed by atoms with Crippen molar-refractivity contribution < 1.29 is 4.74 Å². The number of anilines is 1. The number of nitrogens with zero attached hydrogens (tertiary/aromatic N) is 2. The average molecular weight is 258 g/mol. The first-order valence-electron chi connectivity index (χ1n) is 6.27. The molecule has 0 spiro atoms. The van der Waals surface area contributed by atoms with Gasteiger partial charge in [0.05, 0.1) is 18.1 Å². The van der Waals surface area contributed by atoms with Crippen LogP contribution in [-0.4, -0.2) is 21.7 Å². The standard InChI is InChI=1S/C14H18N4O/c1-6-7(2)9(4)12-11(8(6)3)16-13-10(15)14(19-5)17-18(12)13/h17H,15H2,1-5H3. The van der Waals surface area contributed by atoms with Gasteiger partial charge >= 0.3 is 0 Å². The first kappa shape index (κ1) is 11.9. The van der Waals surface area contributed by atoms with Crippen LogP contribution in [0.4, 0.5) is 5.69 Å². The Kier molecular flexibility index (Phi) is 2.29. The molecule has 5 heteroatoms. The monoisotopic (exact) mass is 258 g/mol. The zero-order valence-corrected chi connectivity index (χ0v) is 11.9. The summed E-state index contributed by atoms with van der Waals surface area (Å²) in [6.45, 7) is 8.49. The molecule has 0 aliphatic rings. The van der Waals surface area contributed by atoms with E-state index in [1.807, 2.05) is 4.52 Å². The van der Waals surface area contributed by atoms with Gasteiger partial charge in [0, 0.05) is 0 Å². The molecule has 0 aliphatic carbocycles. The van der Waals surface area contributed by atoms with E-state index in [0.29, 0.717) is 11.6 Å². The third-order valence-corrected chi connectivity index (χ3v) is 4.18. The van der Waals surface area contributed by atoms with Crippen LogP contribution >= 0.6 is 0 Å². The van der Waals surface area contributed by atoms with E-state index < -0.39 is 0 Å². The molecule has 1 aromatic carbocycles. The number of H-pyrrole nitrogens is 1. The Morgan fingerprint density at radius 2 is 1.68 bits per heavy atom. The van der Waals surface area contributed by atoms with E-state index in [9.17, 15) is 0 Å². The van der Waals surface area contributed by atoms with E-state index in [1.54, 1.807) is 7.11 Å². The summed E-state index contributed by atoms with van der Waals surface area (Å²) in [6.07, 6.45) is 0. The van der Waals surface area contributed by atoms with Crippen LogP contribution in [-0.2, 0) is 0 Å². The highest BCUT2D eigenvalue weighted by Crippen LogP contribution is 2.33. The minimum Gasteiger partial charge on any atom is -0.480 e. The van der Waals surface area contributed by atoms with Crippen LogP contribution in [0.3, 0.4) is 0 Å².